The van der Waals surface area contributed by atoms with Crippen LogP contribution in [0.3, 0.4) is 0 Å². The Bertz CT molecular complexity index is 139. The van der Waals surface area contributed by atoms with Gasteiger partial charge in [0.1, 0.15) is 0 Å². The Morgan fingerprint density at radius 3 is 2.15 bits per heavy atom. The molecule has 0 bridgehead atoms. The monoisotopic (exact) mass is 186 g/mol. The minimum atomic E-state index is -0.162. The molecular formula is C11H22O2. The minimum Gasteiger partial charge on any atom is -0.473 e. The predicted octanol–water partition coefficient (Wildman–Crippen LogP) is 3.34. The SMILES string of the molecule is C=COC(OCC)C(C)(CC)CC. The maximum atomic E-state index is 5.54. The van der Waals surface area contributed by atoms with E-state index in [1.165, 1.54) is 6.26 Å². The van der Waals surface area contributed by atoms with E-state index in [-0.39, 0.29) is 11.7 Å². The van der Waals surface area contributed by atoms with Gasteiger partial charge in [0.2, 0.25) is 6.29 Å². The van der Waals surface area contributed by atoms with Gasteiger partial charge in [-0.2, -0.15) is 0 Å². The quantitative estimate of drug-likeness (QED) is 0.448. The molecule has 0 aromatic rings. The molecule has 0 saturated heterocycles. The van der Waals surface area contributed by atoms with Crippen LogP contribution < -0.4 is 0 Å². The number of ether oxygens (including phenoxy) is 2. The van der Waals surface area contributed by atoms with Crippen molar-refractivity contribution in [2.24, 2.45) is 5.41 Å². The lowest BCUT2D eigenvalue weighted by molar-refractivity contribution is -0.174. The molecule has 78 valence electrons. The zero-order valence-electron chi connectivity index (χ0n) is 9.30. The van der Waals surface area contributed by atoms with E-state index in [0.717, 1.165) is 12.8 Å². The van der Waals surface area contributed by atoms with E-state index in [4.69, 9.17) is 9.47 Å². The molecule has 13 heavy (non-hydrogen) atoms. The minimum absolute atomic E-state index is 0.0875. The molecule has 0 aliphatic rings. The van der Waals surface area contributed by atoms with Crippen LogP contribution in [-0.4, -0.2) is 12.9 Å². The fourth-order valence-corrected chi connectivity index (χ4v) is 1.23. The average molecular weight is 186 g/mol. The maximum absolute atomic E-state index is 5.54. The highest BCUT2D eigenvalue weighted by Crippen LogP contribution is 2.32. The van der Waals surface area contributed by atoms with Gasteiger partial charge in [0, 0.05) is 12.0 Å². The van der Waals surface area contributed by atoms with E-state index in [2.05, 4.69) is 27.4 Å². The van der Waals surface area contributed by atoms with Crippen molar-refractivity contribution >= 4 is 0 Å². The average Bonchev–Trinajstić information content (AvgIpc) is 2.16. The van der Waals surface area contributed by atoms with Gasteiger partial charge < -0.3 is 9.47 Å². The highest BCUT2D eigenvalue weighted by molar-refractivity contribution is 4.76. The van der Waals surface area contributed by atoms with Crippen LogP contribution in [0.5, 0.6) is 0 Å². The third-order valence-electron chi connectivity index (χ3n) is 2.72. The Morgan fingerprint density at radius 1 is 1.31 bits per heavy atom. The van der Waals surface area contributed by atoms with Gasteiger partial charge in [-0.3, -0.25) is 0 Å². The standard InChI is InChI=1S/C11H22O2/c1-6-11(5,7-2)10(12-8-3)13-9-4/h8,10H,3,6-7,9H2,1-2,4-5H3. The van der Waals surface area contributed by atoms with Gasteiger partial charge in [-0.1, -0.05) is 27.4 Å². The second kappa shape index (κ2) is 6.03. The van der Waals surface area contributed by atoms with Gasteiger partial charge in [-0.15, -0.1) is 0 Å². The summed E-state index contributed by atoms with van der Waals surface area (Å²) >= 11 is 0. The second-order valence-electron chi connectivity index (χ2n) is 3.45. The predicted molar refractivity (Wildman–Crippen MR) is 55.4 cm³/mol. The molecule has 2 nitrogen and oxygen atoms in total. The molecule has 2 heteroatoms. The van der Waals surface area contributed by atoms with E-state index in [1.807, 2.05) is 6.92 Å². The smallest absolute Gasteiger partial charge is 0.204 e. The highest BCUT2D eigenvalue weighted by Gasteiger charge is 2.32. The molecule has 0 N–H and O–H groups in total. The molecule has 0 spiro atoms. The lowest BCUT2D eigenvalue weighted by Gasteiger charge is -2.34. The Balaban J connectivity index is 4.36. The Labute approximate surface area is 81.9 Å². The van der Waals surface area contributed by atoms with Crippen molar-refractivity contribution in [3.8, 4) is 0 Å². The van der Waals surface area contributed by atoms with Crippen molar-refractivity contribution in [1.82, 2.24) is 0 Å². The van der Waals surface area contributed by atoms with Crippen molar-refractivity contribution < 1.29 is 9.47 Å². The first kappa shape index (κ1) is 12.5. The first-order chi connectivity index (χ1) is 6.14. The fraction of sp³-hybridized carbons (Fsp3) is 0.818. The molecule has 0 aromatic heterocycles. The highest BCUT2D eigenvalue weighted by atomic mass is 16.7. The summed E-state index contributed by atoms with van der Waals surface area (Å²) in [6.45, 7) is 12.7. The molecule has 0 aliphatic carbocycles. The van der Waals surface area contributed by atoms with Gasteiger partial charge in [0.05, 0.1) is 6.26 Å². The van der Waals surface area contributed by atoms with Crippen molar-refractivity contribution in [1.29, 1.82) is 0 Å². The zero-order chi connectivity index (χ0) is 10.3. The molecule has 0 saturated carbocycles. The maximum Gasteiger partial charge on any atom is 0.204 e. The first-order valence-corrected chi connectivity index (χ1v) is 5.02. The van der Waals surface area contributed by atoms with Crippen molar-refractivity contribution in [2.45, 2.75) is 46.8 Å². The molecule has 0 aliphatic heterocycles. The van der Waals surface area contributed by atoms with Crippen LogP contribution in [0.25, 0.3) is 0 Å². The molecule has 1 atom stereocenters. The number of hydrogen-bond donors (Lipinski definition) is 0. The fourth-order valence-electron chi connectivity index (χ4n) is 1.23. The van der Waals surface area contributed by atoms with Gasteiger partial charge in [0.15, 0.2) is 0 Å². The lowest BCUT2D eigenvalue weighted by Crippen LogP contribution is -2.35. The molecular weight excluding hydrogens is 164 g/mol. The molecule has 0 rings (SSSR count). The van der Waals surface area contributed by atoms with Crippen LogP contribution in [0.2, 0.25) is 0 Å². The molecule has 1 unspecified atom stereocenters. The Kier molecular flexibility index (Phi) is 5.80. The molecule has 0 fully saturated rings. The lowest BCUT2D eigenvalue weighted by atomic mass is 9.84. The first-order valence-electron chi connectivity index (χ1n) is 5.02. The largest absolute Gasteiger partial charge is 0.473 e. The summed E-state index contributed by atoms with van der Waals surface area (Å²) in [6.07, 6.45) is 3.39. The van der Waals surface area contributed by atoms with Crippen LogP contribution in [0.1, 0.15) is 40.5 Å². The summed E-state index contributed by atoms with van der Waals surface area (Å²) in [7, 11) is 0. The Hall–Kier alpha value is -0.500. The summed E-state index contributed by atoms with van der Waals surface area (Å²) in [5, 5.41) is 0. The third kappa shape index (κ3) is 3.39. The summed E-state index contributed by atoms with van der Waals surface area (Å²) in [5.41, 5.74) is 0.0875. The summed E-state index contributed by atoms with van der Waals surface area (Å²) < 4.78 is 10.9. The van der Waals surface area contributed by atoms with Crippen LogP contribution in [0.15, 0.2) is 12.8 Å². The van der Waals surface area contributed by atoms with E-state index >= 15 is 0 Å². The zero-order valence-corrected chi connectivity index (χ0v) is 9.30. The summed E-state index contributed by atoms with van der Waals surface area (Å²) in [4.78, 5) is 0. The van der Waals surface area contributed by atoms with Crippen molar-refractivity contribution in [2.75, 3.05) is 6.61 Å². The topological polar surface area (TPSA) is 18.5 Å². The Morgan fingerprint density at radius 2 is 1.85 bits per heavy atom. The van der Waals surface area contributed by atoms with Crippen molar-refractivity contribution in [3.63, 3.8) is 0 Å². The van der Waals surface area contributed by atoms with Crippen LogP contribution >= 0.6 is 0 Å². The number of rotatable bonds is 7. The van der Waals surface area contributed by atoms with Gasteiger partial charge in [-0.05, 0) is 19.8 Å². The molecule has 0 amide bonds. The van der Waals surface area contributed by atoms with Crippen molar-refractivity contribution in [3.05, 3.63) is 12.8 Å². The van der Waals surface area contributed by atoms with Crippen LogP contribution in [0, 0.1) is 5.41 Å². The van der Waals surface area contributed by atoms with Crippen LogP contribution in [0.4, 0.5) is 0 Å². The number of hydrogen-bond acceptors (Lipinski definition) is 2. The molecule has 0 heterocycles. The second-order valence-corrected chi connectivity index (χ2v) is 3.45. The van der Waals surface area contributed by atoms with Gasteiger partial charge in [0.25, 0.3) is 0 Å². The molecule has 0 aromatic carbocycles. The van der Waals surface area contributed by atoms with Gasteiger partial charge in [-0.25, -0.2) is 0 Å². The summed E-state index contributed by atoms with van der Waals surface area (Å²) in [6, 6.07) is 0. The van der Waals surface area contributed by atoms with Gasteiger partial charge >= 0.3 is 0 Å². The normalized spacial score (nSPS) is 13.8. The summed E-state index contributed by atoms with van der Waals surface area (Å²) in [5.74, 6) is 0. The van der Waals surface area contributed by atoms with Crippen LogP contribution in [-0.2, 0) is 9.47 Å². The van der Waals surface area contributed by atoms with E-state index < -0.39 is 0 Å². The van der Waals surface area contributed by atoms with E-state index in [1.54, 1.807) is 0 Å². The third-order valence-corrected chi connectivity index (χ3v) is 2.72. The molecule has 0 radical (unpaired) electrons. The van der Waals surface area contributed by atoms with E-state index in [0.29, 0.717) is 6.61 Å². The van der Waals surface area contributed by atoms with E-state index in [9.17, 15) is 0 Å².